The molecular formula is C13H23N3. The molecule has 0 saturated heterocycles. The van der Waals surface area contributed by atoms with Crippen molar-refractivity contribution >= 4 is 0 Å². The standard InChI is InChI=1S/C13H23N3/c1-11-12(6-5-9-14)10-15-16(11)13-7-3-2-4-8-13/h10,13H,2-9,14H2,1H3. The van der Waals surface area contributed by atoms with Crippen molar-refractivity contribution in [2.24, 2.45) is 5.73 Å². The molecule has 1 aromatic rings. The number of nitrogens with zero attached hydrogens (tertiary/aromatic N) is 2. The molecule has 16 heavy (non-hydrogen) atoms. The molecule has 1 fully saturated rings. The lowest BCUT2D eigenvalue weighted by atomic mass is 9.95. The second kappa shape index (κ2) is 5.48. The number of rotatable bonds is 4. The molecule has 2 N–H and O–H groups in total. The molecule has 1 aliphatic carbocycles. The summed E-state index contributed by atoms with van der Waals surface area (Å²) in [6.45, 7) is 2.97. The van der Waals surface area contributed by atoms with E-state index in [4.69, 9.17) is 5.73 Å². The van der Waals surface area contributed by atoms with E-state index in [1.165, 1.54) is 43.4 Å². The minimum Gasteiger partial charge on any atom is -0.330 e. The van der Waals surface area contributed by atoms with E-state index < -0.39 is 0 Å². The fourth-order valence-electron chi connectivity index (χ4n) is 2.69. The second-order valence-electron chi connectivity index (χ2n) is 4.88. The summed E-state index contributed by atoms with van der Waals surface area (Å²) in [5, 5.41) is 4.57. The molecule has 0 spiro atoms. The molecule has 1 heterocycles. The van der Waals surface area contributed by atoms with Crippen molar-refractivity contribution in [1.29, 1.82) is 0 Å². The zero-order chi connectivity index (χ0) is 11.4. The van der Waals surface area contributed by atoms with Gasteiger partial charge >= 0.3 is 0 Å². The molecule has 1 aliphatic rings. The summed E-state index contributed by atoms with van der Waals surface area (Å²) in [7, 11) is 0. The van der Waals surface area contributed by atoms with E-state index in [0.717, 1.165) is 19.4 Å². The number of aryl methyl sites for hydroxylation is 1. The van der Waals surface area contributed by atoms with Crippen LogP contribution in [0.2, 0.25) is 0 Å². The van der Waals surface area contributed by atoms with Gasteiger partial charge in [0.2, 0.25) is 0 Å². The van der Waals surface area contributed by atoms with Crippen LogP contribution in [0.3, 0.4) is 0 Å². The Morgan fingerprint density at radius 1 is 1.38 bits per heavy atom. The Balaban J connectivity index is 2.06. The Morgan fingerprint density at radius 2 is 2.12 bits per heavy atom. The topological polar surface area (TPSA) is 43.8 Å². The van der Waals surface area contributed by atoms with E-state index in [0.29, 0.717) is 6.04 Å². The average molecular weight is 221 g/mol. The van der Waals surface area contributed by atoms with Crippen LogP contribution in [0, 0.1) is 6.92 Å². The third-order valence-corrected chi connectivity index (χ3v) is 3.72. The highest BCUT2D eigenvalue weighted by Crippen LogP contribution is 2.29. The third kappa shape index (κ3) is 2.46. The summed E-state index contributed by atoms with van der Waals surface area (Å²) in [6, 6.07) is 0.653. The van der Waals surface area contributed by atoms with Gasteiger partial charge in [0.25, 0.3) is 0 Å². The number of aromatic nitrogens is 2. The van der Waals surface area contributed by atoms with Crippen molar-refractivity contribution in [3.05, 3.63) is 17.5 Å². The highest BCUT2D eigenvalue weighted by molar-refractivity contribution is 5.17. The van der Waals surface area contributed by atoms with E-state index >= 15 is 0 Å². The van der Waals surface area contributed by atoms with Crippen LogP contribution in [-0.2, 0) is 6.42 Å². The Morgan fingerprint density at radius 3 is 2.81 bits per heavy atom. The van der Waals surface area contributed by atoms with E-state index in [9.17, 15) is 0 Å². The summed E-state index contributed by atoms with van der Waals surface area (Å²) < 4.78 is 2.25. The van der Waals surface area contributed by atoms with Crippen molar-refractivity contribution in [3.8, 4) is 0 Å². The molecule has 0 atom stereocenters. The summed E-state index contributed by atoms with van der Waals surface area (Å²) in [5.41, 5.74) is 8.30. The van der Waals surface area contributed by atoms with E-state index in [1.807, 2.05) is 6.20 Å². The molecule has 3 nitrogen and oxygen atoms in total. The molecule has 0 amide bonds. The van der Waals surface area contributed by atoms with Gasteiger partial charge in [0.15, 0.2) is 0 Å². The van der Waals surface area contributed by atoms with E-state index in [2.05, 4.69) is 16.7 Å². The zero-order valence-electron chi connectivity index (χ0n) is 10.3. The first kappa shape index (κ1) is 11.6. The van der Waals surface area contributed by atoms with E-state index in [1.54, 1.807) is 0 Å². The van der Waals surface area contributed by atoms with Crippen molar-refractivity contribution in [2.75, 3.05) is 6.54 Å². The minimum absolute atomic E-state index is 0.653. The Labute approximate surface area is 98.0 Å². The van der Waals surface area contributed by atoms with Crippen LogP contribution in [-0.4, -0.2) is 16.3 Å². The maximum atomic E-state index is 5.55. The van der Waals surface area contributed by atoms with Crippen LogP contribution in [0.5, 0.6) is 0 Å². The lowest BCUT2D eigenvalue weighted by Gasteiger charge is -2.23. The quantitative estimate of drug-likeness (QED) is 0.849. The van der Waals surface area contributed by atoms with Crippen LogP contribution in [0.1, 0.15) is 55.8 Å². The second-order valence-corrected chi connectivity index (χ2v) is 4.88. The summed E-state index contributed by atoms with van der Waals surface area (Å²) in [5.74, 6) is 0. The van der Waals surface area contributed by atoms with Crippen LogP contribution < -0.4 is 5.73 Å². The first-order valence-electron chi connectivity index (χ1n) is 6.56. The number of hydrogen-bond donors (Lipinski definition) is 1. The zero-order valence-corrected chi connectivity index (χ0v) is 10.3. The van der Waals surface area contributed by atoms with Gasteiger partial charge in [0, 0.05) is 5.69 Å². The molecule has 1 saturated carbocycles. The lowest BCUT2D eigenvalue weighted by Crippen LogP contribution is -2.15. The molecule has 0 aromatic carbocycles. The fraction of sp³-hybridized carbons (Fsp3) is 0.769. The van der Waals surface area contributed by atoms with Crippen molar-refractivity contribution < 1.29 is 0 Å². The minimum atomic E-state index is 0.653. The van der Waals surface area contributed by atoms with Gasteiger partial charge in [-0.1, -0.05) is 19.3 Å². The Bertz CT molecular complexity index is 324. The van der Waals surface area contributed by atoms with Gasteiger partial charge in [0.05, 0.1) is 12.2 Å². The van der Waals surface area contributed by atoms with Gasteiger partial charge in [-0.3, -0.25) is 4.68 Å². The molecule has 0 bridgehead atoms. The number of nitrogens with two attached hydrogens (primary N) is 1. The molecule has 90 valence electrons. The summed E-state index contributed by atoms with van der Waals surface area (Å²) in [4.78, 5) is 0. The fourth-order valence-corrected chi connectivity index (χ4v) is 2.69. The highest BCUT2D eigenvalue weighted by Gasteiger charge is 2.18. The van der Waals surface area contributed by atoms with Crippen LogP contribution in [0.15, 0.2) is 6.20 Å². The van der Waals surface area contributed by atoms with Gasteiger partial charge in [-0.05, 0) is 44.7 Å². The molecule has 0 aliphatic heterocycles. The monoisotopic (exact) mass is 221 g/mol. The Kier molecular flexibility index (Phi) is 3.99. The van der Waals surface area contributed by atoms with E-state index in [-0.39, 0.29) is 0 Å². The first-order chi connectivity index (χ1) is 7.83. The molecule has 0 unspecified atom stereocenters. The van der Waals surface area contributed by atoms with Gasteiger partial charge in [0.1, 0.15) is 0 Å². The maximum Gasteiger partial charge on any atom is 0.0524 e. The molecule has 0 radical (unpaired) electrons. The normalized spacial score (nSPS) is 17.9. The largest absolute Gasteiger partial charge is 0.330 e. The van der Waals surface area contributed by atoms with Crippen molar-refractivity contribution in [1.82, 2.24) is 9.78 Å². The van der Waals surface area contributed by atoms with Crippen LogP contribution >= 0.6 is 0 Å². The van der Waals surface area contributed by atoms with Crippen LogP contribution in [0.4, 0.5) is 0 Å². The molecule has 1 aromatic heterocycles. The van der Waals surface area contributed by atoms with Gasteiger partial charge < -0.3 is 5.73 Å². The highest BCUT2D eigenvalue weighted by atomic mass is 15.3. The molecule has 2 rings (SSSR count). The Hall–Kier alpha value is -0.830. The molecule has 3 heteroatoms. The van der Waals surface area contributed by atoms with Gasteiger partial charge in [-0.2, -0.15) is 5.10 Å². The average Bonchev–Trinajstić information content (AvgIpc) is 2.69. The number of hydrogen-bond acceptors (Lipinski definition) is 2. The molecular weight excluding hydrogens is 198 g/mol. The lowest BCUT2D eigenvalue weighted by molar-refractivity contribution is 0.324. The smallest absolute Gasteiger partial charge is 0.0524 e. The predicted molar refractivity (Wildman–Crippen MR) is 66.5 cm³/mol. The summed E-state index contributed by atoms with van der Waals surface area (Å²) in [6.07, 6.45) is 10.9. The maximum absolute atomic E-state index is 5.55. The van der Waals surface area contributed by atoms with Crippen LogP contribution in [0.25, 0.3) is 0 Å². The van der Waals surface area contributed by atoms with Gasteiger partial charge in [-0.15, -0.1) is 0 Å². The van der Waals surface area contributed by atoms with Crippen molar-refractivity contribution in [2.45, 2.75) is 57.9 Å². The predicted octanol–water partition coefficient (Wildman–Crippen LogP) is 2.59. The third-order valence-electron chi connectivity index (χ3n) is 3.72. The van der Waals surface area contributed by atoms with Gasteiger partial charge in [-0.25, -0.2) is 0 Å². The summed E-state index contributed by atoms with van der Waals surface area (Å²) >= 11 is 0. The van der Waals surface area contributed by atoms with Crippen molar-refractivity contribution in [3.63, 3.8) is 0 Å². The first-order valence-corrected chi connectivity index (χ1v) is 6.56. The SMILES string of the molecule is Cc1c(CCCN)cnn1C1CCCCC1.